The predicted octanol–water partition coefficient (Wildman–Crippen LogP) is 1.36. The molecule has 3 heteroatoms. The van der Waals surface area contributed by atoms with Crippen LogP contribution < -0.4 is 0 Å². The highest BCUT2D eigenvalue weighted by Gasteiger charge is 2.17. The highest BCUT2D eigenvalue weighted by atomic mass is 16.3. The highest BCUT2D eigenvalue weighted by molar-refractivity contribution is 5.25. The SMILES string of the molecule is CCc1cc(C(C)(C)O)cc(CO)n1. The molecule has 1 heterocycles. The molecule has 0 atom stereocenters. The van der Waals surface area contributed by atoms with E-state index in [1.807, 2.05) is 13.0 Å². The van der Waals surface area contributed by atoms with Crippen LogP contribution in [0.4, 0.5) is 0 Å². The second-order valence-electron chi connectivity index (χ2n) is 3.91. The molecule has 14 heavy (non-hydrogen) atoms. The van der Waals surface area contributed by atoms with E-state index in [0.29, 0.717) is 5.69 Å². The summed E-state index contributed by atoms with van der Waals surface area (Å²) < 4.78 is 0. The summed E-state index contributed by atoms with van der Waals surface area (Å²) in [5.74, 6) is 0. The number of aromatic nitrogens is 1. The molecule has 78 valence electrons. The third kappa shape index (κ3) is 2.53. The number of aliphatic hydroxyl groups is 2. The molecule has 0 aromatic carbocycles. The summed E-state index contributed by atoms with van der Waals surface area (Å²) >= 11 is 0. The number of rotatable bonds is 3. The lowest BCUT2D eigenvalue weighted by Gasteiger charge is -2.19. The van der Waals surface area contributed by atoms with Gasteiger partial charge in [0.05, 0.1) is 17.9 Å². The van der Waals surface area contributed by atoms with E-state index in [1.165, 1.54) is 0 Å². The first-order chi connectivity index (χ1) is 6.47. The van der Waals surface area contributed by atoms with Crippen LogP contribution in [0, 0.1) is 0 Å². The molecule has 0 aliphatic carbocycles. The summed E-state index contributed by atoms with van der Waals surface area (Å²) in [6.07, 6.45) is 0.802. The second kappa shape index (κ2) is 4.07. The molecular weight excluding hydrogens is 178 g/mol. The molecule has 0 amide bonds. The molecular formula is C11H17NO2. The van der Waals surface area contributed by atoms with E-state index in [4.69, 9.17) is 5.11 Å². The van der Waals surface area contributed by atoms with Crippen LogP contribution in [0.5, 0.6) is 0 Å². The summed E-state index contributed by atoms with van der Waals surface area (Å²) in [7, 11) is 0. The molecule has 0 aliphatic rings. The van der Waals surface area contributed by atoms with Crippen LogP contribution in [0.15, 0.2) is 12.1 Å². The normalized spacial score (nSPS) is 11.8. The highest BCUT2D eigenvalue weighted by Crippen LogP contribution is 2.21. The van der Waals surface area contributed by atoms with Crippen LogP contribution >= 0.6 is 0 Å². The monoisotopic (exact) mass is 195 g/mol. The number of aliphatic hydroxyl groups excluding tert-OH is 1. The first-order valence-electron chi connectivity index (χ1n) is 4.81. The Kier molecular flexibility index (Phi) is 3.24. The number of aryl methyl sites for hydroxylation is 1. The Balaban J connectivity index is 3.17. The topological polar surface area (TPSA) is 53.4 Å². The largest absolute Gasteiger partial charge is 0.390 e. The Morgan fingerprint density at radius 2 is 1.86 bits per heavy atom. The Morgan fingerprint density at radius 1 is 1.29 bits per heavy atom. The van der Waals surface area contributed by atoms with Crippen molar-refractivity contribution in [2.75, 3.05) is 0 Å². The van der Waals surface area contributed by atoms with E-state index in [1.54, 1.807) is 19.9 Å². The zero-order chi connectivity index (χ0) is 10.8. The summed E-state index contributed by atoms with van der Waals surface area (Å²) in [5.41, 5.74) is 1.43. The fourth-order valence-electron chi connectivity index (χ4n) is 1.27. The van der Waals surface area contributed by atoms with Gasteiger partial charge in [0.25, 0.3) is 0 Å². The van der Waals surface area contributed by atoms with E-state index in [2.05, 4.69) is 4.98 Å². The quantitative estimate of drug-likeness (QED) is 0.765. The van der Waals surface area contributed by atoms with Gasteiger partial charge in [0.2, 0.25) is 0 Å². The second-order valence-corrected chi connectivity index (χ2v) is 3.91. The first kappa shape index (κ1) is 11.1. The van der Waals surface area contributed by atoms with Crippen molar-refractivity contribution >= 4 is 0 Å². The predicted molar refractivity (Wildman–Crippen MR) is 54.8 cm³/mol. The fourth-order valence-corrected chi connectivity index (χ4v) is 1.27. The number of pyridine rings is 1. The molecule has 0 radical (unpaired) electrons. The number of hydrogen-bond acceptors (Lipinski definition) is 3. The standard InChI is InChI=1S/C11H17NO2/c1-4-9-5-8(11(2,3)14)6-10(7-13)12-9/h5-6,13-14H,4,7H2,1-3H3. The van der Waals surface area contributed by atoms with Gasteiger partial charge in [-0.3, -0.25) is 4.98 Å². The lowest BCUT2D eigenvalue weighted by atomic mass is 9.97. The van der Waals surface area contributed by atoms with Gasteiger partial charge in [0, 0.05) is 5.69 Å². The summed E-state index contributed by atoms with van der Waals surface area (Å²) in [6.45, 7) is 5.36. The van der Waals surface area contributed by atoms with Gasteiger partial charge in [0.1, 0.15) is 0 Å². The van der Waals surface area contributed by atoms with Crippen LogP contribution in [0.3, 0.4) is 0 Å². The molecule has 0 spiro atoms. The van der Waals surface area contributed by atoms with E-state index in [9.17, 15) is 5.11 Å². The first-order valence-corrected chi connectivity index (χ1v) is 4.81. The Bertz CT molecular complexity index is 293. The summed E-state index contributed by atoms with van der Waals surface area (Å²) in [4.78, 5) is 4.22. The minimum atomic E-state index is -0.878. The molecule has 0 bridgehead atoms. The molecule has 1 aromatic rings. The molecule has 0 unspecified atom stereocenters. The lowest BCUT2D eigenvalue weighted by Crippen LogP contribution is -2.17. The Morgan fingerprint density at radius 3 is 2.29 bits per heavy atom. The van der Waals surface area contributed by atoms with Crippen molar-refractivity contribution in [3.05, 3.63) is 29.1 Å². The molecule has 0 aliphatic heterocycles. The molecule has 1 rings (SSSR count). The molecule has 0 saturated heterocycles. The van der Waals surface area contributed by atoms with E-state index in [0.717, 1.165) is 17.7 Å². The molecule has 1 aromatic heterocycles. The van der Waals surface area contributed by atoms with Gasteiger partial charge in [-0.05, 0) is 38.0 Å². The number of nitrogens with zero attached hydrogens (tertiary/aromatic N) is 1. The van der Waals surface area contributed by atoms with Gasteiger partial charge in [-0.1, -0.05) is 6.92 Å². The lowest BCUT2D eigenvalue weighted by molar-refractivity contribution is 0.0781. The van der Waals surface area contributed by atoms with Crippen molar-refractivity contribution in [1.29, 1.82) is 0 Å². The van der Waals surface area contributed by atoms with Gasteiger partial charge in [-0.2, -0.15) is 0 Å². The van der Waals surface area contributed by atoms with Crippen molar-refractivity contribution in [1.82, 2.24) is 4.98 Å². The Hall–Kier alpha value is -0.930. The molecule has 0 fully saturated rings. The van der Waals surface area contributed by atoms with Crippen LogP contribution in [0.1, 0.15) is 37.7 Å². The number of hydrogen-bond donors (Lipinski definition) is 2. The van der Waals surface area contributed by atoms with Gasteiger partial charge in [0.15, 0.2) is 0 Å². The third-order valence-electron chi connectivity index (χ3n) is 2.16. The van der Waals surface area contributed by atoms with Gasteiger partial charge < -0.3 is 10.2 Å². The average molecular weight is 195 g/mol. The average Bonchev–Trinajstić information content (AvgIpc) is 2.15. The minimum absolute atomic E-state index is 0.0864. The van der Waals surface area contributed by atoms with Gasteiger partial charge >= 0.3 is 0 Å². The maximum Gasteiger partial charge on any atom is 0.0853 e. The smallest absolute Gasteiger partial charge is 0.0853 e. The van der Waals surface area contributed by atoms with E-state index in [-0.39, 0.29) is 6.61 Å². The summed E-state index contributed by atoms with van der Waals surface area (Å²) in [6, 6.07) is 3.61. The van der Waals surface area contributed by atoms with Gasteiger partial charge in [-0.25, -0.2) is 0 Å². The van der Waals surface area contributed by atoms with Gasteiger partial charge in [-0.15, -0.1) is 0 Å². The van der Waals surface area contributed by atoms with Crippen LogP contribution in [0.25, 0.3) is 0 Å². The van der Waals surface area contributed by atoms with Crippen molar-refractivity contribution < 1.29 is 10.2 Å². The van der Waals surface area contributed by atoms with Crippen molar-refractivity contribution in [2.45, 2.75) is 39.4 Å². The van der Waals surface area contributed by atoms with E-state index < -0.39 is 5.60 Å². The zero-order valence-electron chi connectivity index (χ0n) is 8.91. The fraction of sp³-hybridized carbons (Fsp3) is 0.545. The van der Waals surface area contributed by atoms with Crippen LogP contribution in [-0.2, 0) is 18.6 Å². The minimum Gasteiger partial charge on any atom is -0.390 e. The van der Waals surface area contributed by atoms with Crippen LogP contribution in [0.2, 0.25) is 0 Å². The zero-order valence-corrected chi connectivity index (χ0v) is 8.91. The Labute approximate surface area is 84.4 Å². The van der Waals surface area contributed by atoms with Crippen molar-refractivity contribution in [3.63, 3.8) is 0 Å². The van der Waals surface area contributed by atoms with Crippen molar-refractivity contribution in [3.8, 4) is 0 Å². The molecule has 2 N–H and O–H groups in total. The molecule has 3 nitrogen and oxygen atoms in total. The third-order valence-corrected chi connectivity index (χ3v) is 2.16. The van der Waals surface area contributed by atoms with Crippen molar-refractivity contribution in [2.24, 2.45) is 0 Å². The van der Waals surface area contributed by atoms with E-state index >= 15 is 0 Å². The molecule has 0 saturated carbocycles. The summed E-state index contributed by atoms with van der Waals surface area (Å²) in [5, 5.41) is 18.8. The maximum atomic E-state index is 9.82. The van der Waals surface area contributed by atoms with Crippen LogP contribution in [-0.4, -0.2) is 15.2 Å². The maximum absolute atomic E-state index is 9.82.